The highest BCUT2D eigenvalue weighted by molar-refractivity contribution is 5.83. The highest BCUT2D eigenvalue weighted by atomic mass is 16.6. The molecular formula is C38H71NO10. The maximum atomic E-state index is 13.8. The van der Waals surface area contributed by atoms with Crippen LogP contribution in [0.25, 0.3) is 0 Å². The second-order valence-electron chi connectivity index (χ2n) is 12.8. The molecule has 2 rings (SSSR count). The molecule has 11 nitrogen and oxygen atoms in total. The first kappa shape index (κ1) is 55.0. The summed E-state index contributed by atoms with van der Waals surface area (Å²) in [5, 5.41) is 12.1. The minimum Gasteiger partial charge on any atom is -0.480 e. The van der Waals surface area contributed by atoms with Crippen molar-refractivity contribution in [1.82, 2.24) is 5.32 Å². The predicted octanol–water partition coefficient (Wildman–Crippen LogP) is 7.88. The fourth-order valence-corrected chi connectivity index (χ4v) is 5.27. The van der Waals surface area contributed by atoms with Crippen molar-refractivity contribution in [3.63, 3.8) is 0 Å². The summed E-state index contributed by atoms with van der Waals surface area (Å²) in [5.74, 6) is -3.45. The molecule has 0 spiro atoms. The Morgan fingerprint density at radius 3 is 1.84 bits per heavy atom. The third-order valence-electron chi connectivity index (χ3n) is 7.84. The number of hydrogen-bond donors (Lipinski definition) is 2. The standard InChI is InChI=1S/C32H47NO10.6CH4/c1-8-31(6,29(39)43-23-16-24(25(34)35)33-17-23)20-32(7,28(38)42-18-22-12-10-9-11-13-22)19-30(4,5)27(37)41-15-14-40-26(36)21(2)3;;;;;;/h9-13,21,23-24,33H,8,14-20H2,1-7H3,(H,34,35);6*1H4/t23-,24+,31?,32?;;;;;;/m1....../s1. The summed E-state index contributed by atoms with van der Waals surface area (Å²) in [7, 11) is 0. The quantitative estimate of drug-likeness (QED) is 0.0983. The summed E-state index contributed by atoms with van der Waals surface area (Å²) < 4.78 is 21.9. The van der Waals surface area contributed by atoms with Gasteiger partial charge in [0.25, 0.3) is 0 Å². The molecule has 1 fully saturated rings. The van der Waals surface area contributed by atoms with Crippen LogP contribution in [0.15, 0.2) is 30.3 Å². The number of benzene rings is 1. The minimum absolute atomic E-state index is 0. The number of carbonyl (C=O) groups is 5. The van der Waals surface area contributed by atoms with E-state index in [1.54, 1.807) is 41.5 Å². The summed E-state index contributed by atoms with van der Waals surface area (Å²) in [5.41, 5.74) is -2.85. The van der Waals surface area contributed by atoms with E-state index in [-0.39, 0.29) is 96.1 Å². The van der Waals surface area contributed by atoms with Crippen molar-refractivity contribution in [2.45, 2.75) is 137 Å². The third-order valence-corrected chi connectivity index (χ3v) is 7.84. The summed E-state index contributed by atoms with van der Waals surface area (Å²) in [6, 6.07) is 8.36. The topological polar surface area (TPSA) is 155 Å². The molecule has 49 heavy (non-hydrogen) atoms. The van der Waals surface area contributed by atoms with E-state index in [1.165, 1.54) is 0 Å². The van der Waals surface area contributed by atoms with E-state index in [4.69, 9.17) is 18.9 Å². The Morgan fingerprint density at radius 2 is 1.35 bits per heavy atom. The second-order valence-corrected chi connectivity index (χ2v) is 12.8. The molecule has 1 aliphatic rings. The maximum absolute atomic E-state index is 13.8. The number of nitrogens with one attached hydrogen (secondary N) is 1. The molecule has 1 saturated heterocycles. The lowest BCUT2D eigenvalue weighted by Crippen LogP contribution is -2.45. The summed E-state index contributed by atoms with van der Waals surface area (Å²) >= 11 is 0. The van der Waals surface area contributed by atoms with Crippen LogP contribution in [-0.2, 0) is 49.5 Å². The van der Waals surface area contributed by atoms with Gasteiger partial charge in [0, 0.05) is 13.0 Å². The number of ether oxygens (including phenoxy) is 4. The Bertz CT molecular complexity index is 1140. The van der Waals surface area contributed by atoms with Crippen LogP contribution < -0.4 is 5.32 Å². The molecule has 11 heteroatoms. The van der Waals surface area contributed by atoms with Gasteiger partial charge in [0.15, 0.2) is 0 Å². The van der Waals surface area contributed by atoms with E-state index >= 15 is 0 Å². The lowest BCUT2D eigenvalue weighted by molar-refractivity contribution is -0.172. The van der Waals surface area contributed by atoms with Crippen LogP contribution in [0.2, 0.25) is 0 Å². The van der Waals surface area contributed by atoms with Gasteiger partial charge in [-0.05, 0) is 52.5 Å². The SMILES string of the molecule is C.C.C.C.C.C.CCC(C)(CC(C)(CC(C)(C)C(=O)OCCOC(=O)C(C)C)C(=O)OCc1ccccc1)C(=O)O[C@H]1CN[C@H](C(=O)O)C1. The number of aliphatic carboxylic acids is 1. The van der Waals surface area contributed by atoms with E-state index in [2.05, 4.69) is 5.32 Å². The average molecular weight is 702 g/mol. The van der Waals surface area contributed by atoms with Crippen molar-refractivity contribution in [2.75, 3.05) is 19.8 Å². The van der Waals surface area contributed by atoms with Crippen LogP contribution in [0.4, 0.5) is 0 Å². The van der Waals surface area contributed by atoms with Crippen molar-refractivity contribution in [2.24, 2.45) is 22.2 Å². The van der Waals surface area contributed by atoms with Gasteiger partial charge in [0.1, 0.15) is 32.0 Å². The molecule has 288 valence electrons. The molecule has 2 N–H and O–H groups in total. The smallest absolute Gasteiger partial charge is 0.320 e. The molecule has 0 aliphatic carbocycles. The van der Waals surface area contributed by atoms with Gasteiger partial charge < -0.3 is 29.4 Å². The van der Waals surface area contributed by atoms with Gasteiger partial charge in [-0.1, -0.05) is 95.7 Å². The lowest BCUT2D eigenvalue weighted by Gasteiger charge is -2.40. The Kier molecular flexibility index (Phi) is 26.7. The molecule has 0 saturated carbocycles. The van der Waals surface area contributed by atoms with E-state index in [9.17, 15) is 29.1 Å². The molecule has 1 aromatic rings. The van der Waals surface area contributed by atoms with Gasteiger partial charge in [-0.25, -0.2) is 0 Å². The van der Waals surface area contributed by atoms with Crippen LogP contribution in [0.3, 0.4) is 0 Å². The van der Waals surface area contributed by atoms with Gasteiger partial charge in [-0.2, -0.15) is 0 Å². The predicted molar refractivity (Wildman–Crippen MR) is 197 cm³/mol. The van der Waals surface area contributed by atoms with Crippen molar-refractivity contribution in [3.05, 3.63) is 35.9 Å². The van der Waals surface area contributed by atoms with E-state index in [1.807, 2.05) is 37.3 Å². The lowest BCUT2D eigenvalue weighted by atomic mass is 9.65. The molecule has 1 aliphatic heterocycles. The number of rotatable bonds is 16. The monoisotopic (exact) mass is 702 g/mol. The first-order chi connectivity index (χ1) is 20.0. The molecule has 4 atom stereocenters. The number of carbonyl (C=O) groups excluding carboxylic acids is 4. The molecule has 0 aromatic heterocycles. The fourth-order valence-electron chi connectivity index (χ4n) is 5.27. The first-order valence-corrected chi connectivity index (χ1v) is 14.8. The zero-order valence-electron chi connectivity index (χ0n) is 26.4. The van der Waals surface area contributed by atoms with Gasteiger partial charge in [0.05, 0.1) is 22.2 Å². The van der Waals surface area contributed by atoms with E-state index in [0.29, 0.717) is 6.42 Å². The van der Waals surface area contributed by atoms with Crippen LogP contribution in [0.5, 0.6) is 0 Å². The molecule has 0 radical (unpaired) electrons. The maximum Gasteiger partial charge on any atom is 0.320 e. The van der Waals surface area contributed by atoms with Crippen LogP contribution in [0.1, 0.15) is 124 Å². The fraction of sp³-hybridized carbons (Fsp3) is 0.711. The number of esters is 4. The summed E-state index contributed by atoms with van der Waals surface area (Å²) in [4.78, 5) is 63.4. The molecule has 1 aromatic carbocycles. The zero-order chi connectivity index (χ0) is 32.4. The van der Waals surface area contributed by atoms with E-state index < -0.39 is 58.2 Å². The van der Waals surface area contributed by atoms with Crippen LogP contribution in [-0.4, -0.2) is 66.9 Å². The van der Waals surface area contributed by atoms with Gasteiger partial charge in [0.2, 0.25) is 0 Å². The van der Waals surface area contributed by atoms with Crippen molar-refractivity contribution < 1.29 is 48.0 Å². The Morgan fingerprint density at radius 1 is 0.796 bits per heavy atom. The molecule has 0 bridgehead atoms. The summed E-state index contributed by atoms with van der Waals surface area (Å²) in [6.45, 7) is 11.9. The van der Waals surface area contributed by atoms with Crippen molar-refractivity contribution >= 4 is 29.8 Å². The third kappa shape index (κ3) is 16.2. The first-order valence-electron chi connectivity index (χ1n) is 14.8. The van der Waals surface area contributed by atoms with Crippen LogP contribution >= 0.6 is 0 Å². The highest BCUT2D eigenvalue weighted by Crippen LogP contribution is 2.46. The van der Waals surface area contributed by atoms with Gasteiger partial charge in [-0.15, -0.1) is 0 Å². The second kappa shape index (κ2) is 23.8. The van der Waals surface area contributed by atoms with Gasteiger partial charge in [-0.3, -0.25) is 24.0 Å². The highest BCUT2D eigenvalue weighted by Gasteiger charge is 2.50. The number of carboxylic acids is 1. The van der Waals surface area contributed by atoms with Crippen LogP contribution in [0, 0.1) is 22.2 Å². The number of carboxylic acid groups (broad SMARTS) is 1. The average Bonchev–Trinajstić information content (AvgIpc) is 3.42. The largest absolute Gasteiger partial charge is 0.480 e. The Balaban J connectivity index is -0.00000108. The Labute approximate surface area is 298 Å². The summed E-state index contributed by atoms with van der Waals surface area (Å²) in [6.07, 6.45) is -0.154. The Hall–Kier alpha value is -3.47. The molecule has 1 heterocycles. The zero-order valence-corrected chi connectivity index (χ0v) is 26.4. The normalized spacial score (nSPS) is 17.1. The van der Waals surface area contributed by atoms with Gasteiger partial charge >= 0.3 is 29.8 Å². The van der Waals surface area contributed by atoms with Crippen molar-refractivity contribution in [1.29, 1.82) is 0 Å². The number of hydrogen-bond acceptors (Lipinski definition) is 10. The molecule has 0 amide bonds. The molecule has 2 unspecified atom stereocenters. The molecular weight excluding hydrogens is 630 g/mol. The van der Waals surface area contributed by atoms with E-state index in [0.717, 1.165) is 5.56 Å². The van der Waals surface area contributed by atoms with Crippen molar-refractivity contribution in [3.8, 4) is 0 Å². The minimum atomic E-state index is -1.32.